The minimum absolute atomic E-state index is 0.0352. The molecule has 2 aromatic heterocycles. The van der Waals surface area contributed by atoms with Gasteiger partial charge in [0.05, 0.1) is 0 Å². The van der Waals surface area contributed by atoms with E-state index in [4.69, 9.17) is 0 Å². The molecule has 0 aliphatic heterocycles. The van der Waals surface area contributed by atoms with E-state index in [2.05, 4.69) is 10.3 Å². The summed E-state index contributed by atoms with van der Waals surface area (Å²) in [6.07, 6.45) is 3.01. The van der Waals surface area contributed by atoms with Gasteiger partial charge in [0.2, 0.25) is 0 Å². The first-order chi connectivity index (χ1) is 12.0. The van der Waals surface area contributed by atoms with Gasteiger partial charge in [0, 0.05) is 38.7 Å². The largest absolute Gasteiger partial charge is 0.378 e. The molecule has 0 aliphatic carbocycles. The zero-order valence-electron chi connectivity index (χ0n) is 14.5. The van der Waals surface area contributed by atoms with E-state index in [9.17, 15) is 9.59 Å². The van der Waals surface area contributed by atoms with Gasteiger partial charge in [0.25, 0.3) is 11.5 Å². The number of aryl methyl sites for hydroxylation is 1. The third kappa shape index (κ3) is 3.52. The highest BCUT2D eigenvalue weighted by Gasteiger charge is 2.13. The van der Waals surface area contributed by atoms with Gasteiger partial charge >= 0.3 is 0 Å². The summed E-state index contributed by atoms with van der Waals surface area (Å²) in [7, 11) is 3.94. The van der Waals surface area contributed by atoms with Crippen molar-refractivity contribution in [2.75, 3.05) is 19.0 Å². The van der Waals surface area contributed by atoms with Crippen LogP contribution in [-0.2, 0) is 6.54 Å². The number of amides is 1. The fraction of sp³-hybridized carbons (Fsp3) is 0.211. The highest BCUT2D eigenvalue weighted by Crippen LogP contribution is 2.12. The van der Waals surface area contributed by atoms with E-state index in [0.717, 1.165) is 16.8 Å². The lowest BCUT2D eigenvalue weighted by molar-refractivity contribution is 0.0949. The van der Waals surface area contributed by atoms with E-state index in [1.165, 1.54) is 10.6 Å². The lowest BCUT2D eigenvalue weighted by Gasteiger charge is -2.13. The molecule has 2 heterocycles. The Bertz CT molecular complexity index is 975. The van der Waals surface area contributed by atoms with Crippen molar-refractivity contribution in [3.05, 3.63) is 75.8 Å². The van der Waals surface area contributed by atoms with E-state index in [-0.39, 0.29) is 11.1 Å². The Hall–Kier alpha value is -3.15. The summed E-state index contributed by atoms with van der Waals surface area (Å²) in [6.45, 7) is 2.23. The molecular formula is C19H20N4O2. The van der Waals surface area contributed by atoms with Crippen molar-refractivity contribution in [2.45, 2.75) is 13.5 Å². The van der Waals surface area contributed by atoms with E-state index in [1.807, 2.05) is 56.3 Å². The normalized spacial score (nSPS) is 10.7. The fourth-order valence-corrected chi connectivity index (χ4v) is 2.53. The van der Waals surface area contributed by atoms with Crippen LogP contribution in [-0.4, -0.2) is 29.4 Å². The zero-order chi connectivity index (χ0) is 18.0. The standard InChI is InChI=1S/C19H20N4O2/c1-13-4-9-17-20-11-16(19(25)23(17)12-13)18(24)21-10-14-5-7-15(8-6-14)22(2)3/h4-9,11-12H,10H2,1-3H3,(H,21,24). The molecule has 128 valence electrons. The third-order valence-electron chi connectivity index (χ3n) is 4.00. The van der Waals surface area contributed by atoms with Crippen LogP contribution in [0.15, 0.2) is 53.6 Å². The fourth-order valence-electron chi connectivity index (χ4n) is 2.53. The SMILES string of the molecule is Cc1ccc2ncc(C(=O)NCc3ccc(N(C)C)cc3)c(=O)n2c1. The van der Waals surface area contributed by atoms with E-state index < -0.39 is 5.91 Å². The number of anilines is 1. The number of aromatic nitrogens is 2. The van der Waals surface area contributed by atoms with Gasteiger partial charge in [-0.25, -0.2) is 4.98 Å². The number of carbonyl (C=O) groups is 1. The molecule has 3 rings (SSSR count). The van der Waals surface area contributed by atoms with Crippen molar-refractivity contribution in [2.24, 2.45) is 0 Å². The molecule has 0 spiro atoms. The molecule has 0 atom stereocenters. The van der Waals surface area contributed by atoms with Crippen molar-refractivity contribution in [1.82, 2.24) is 14.7 Å². The number of nitrogens with zero attached hydrogens (tertiary/aromatic N) is 3. The highest BCUT2D eigenvalue weighted by molar-refractivity contribution is 5.93. The Kier molecular flexibility index (Phi) is 4.52. The molecule has 0 saturated carbocycles. The molecule has 0 fully saturated rings. The molecule has 1 N–H and O–H groups in total. The number of pyridine rings is 1. The molecule has 1 amide bonds. The average molecular weight is 336 g/mol. The first kappa shape index (κ1) is 16.7. The molecule has 0 bridgehead atoms. The molecular weight excluding hydrogens is 316 g/mol. The molecule has 0 radical (unpaired) electrons. The molecule has 3 aromatic rings. The predicted molar refractivity (Wildman–Crippen MR) is 98.1 cm³/mol. The third-order valence-corrected chi connectivity index (χ3v) is 4.00. The summed E-state index contributed by atoms with van der Waals surface area (Å²) in [6, 6.07) is 11.5. The van der Waals surface area contributed by atoms with Gasteiger partial charge in [-0.3, -0.25) is 14.0 Å². The smallest absolute Gasteiger partial charge is 0.270 e. The van der Waals surface area contributed by atoms with Crippen LogP contribution in [0.25, 0.3) is 5.65 Å². The van der Waals surface area contributed by atoms with Crippen LogP contribution < -0.4 is 15.8 Å². The summed E-state index contributed by atoms with van der Waals surface area (Å²) in [4.78, 5) is 31.1. The molecule has 6 nitrogen and oxygen atoms in total. The van der Waals surface area contributed by atoms with Crippen LogP contribution in [0.1, 0.15) is 21.5 Å². The monoisotopic (exact) mass is 336 g/mol. The Morgan fingerprint density at radius 3 is 2.56 bits per heavy atom. The van der Waals surface area contributed by atoms with Gasteiger partial charge in [0.15, 0.2) is 0 Å². The second-order valence-electron chi connectivity index (χ2n) is 6.16. The topological polar surface area (TPSA) is 66.7 Å². The van der Waals surface area contributed by atoms with Crippen molar-refractivity contribution in [3.63, 3.8) is 0 Å². The van der Waals surface area contributed by atoms with Gasteiger partial charge in [-0.05, 0) is 36.2 Å². The number of carbonyl (C=O) groups excluding carboxylic acids is 1. The van der Waals surface area contributed by atoms with Crippen molar-refractivity contribution in [3.8, 4) is 0 Å². The van der Waals surface area contributed by atoms with E-state index >= 15 is 0 Å². The summed E-state index contributed by atoms with van der Waals surface area (Å²) >= 11 is 0. The minimum Gasteiger partial charge on any atom is -0.378 e. The summed E-state index contributed by atoms with van der Waals surface area (Å²) in [5.41, 5.74) is 3.16. The first-order valence-corrected chi connectivity index (χ1v) is 7.98. The Morgan fingerprint density at radius 2 is 1.88 bits per heavy atom. The van der Waals surface area contributed by atoms with Crippen molar-refractivity contribution < 1.29 is 4.79 Å². The van der Waals surface area contributed by atoms with Crippen LogP contribution in [0.5, 0.6) is 0 Å². The Balaban J connectivity index is 1.78. The summed E-state index contributed by atoms with van der Waals surface area (Å²) in [5, 5.41) is 2.78. The Morgan fingerprint density at radius 1 is 1.16 bits per heavy atom. The molecule has 25 heavy (non-hydrogen) atoms. The van der Waals surface area contributed by atoms with Crippen LogP contribution >= 0.6 is 0 Å². The number of hydrogen-bond acceptors (Lipinski definition) is 4. The maximum absolute atomic E-state index is 12.5. The molecule has 6 heteroatoms. The number of rotatable bonds is 4. The van der Waals surface area contributed by atoms with Crippen LogP contribution in [0, 0.1) is 6.92 Å². The minimum atomic E-state index is -0.426. The second-order valence-corrected chi connectivity index (χ2v) is 6.16. The molecule has 0 unspecified atom stereocenters. The van der Waals surface area contributed by atoms with E-state index in [1.54, 1.807) is 12.3 Å². The van der Waals surface area contributed by atoms with Gasteiger partial charge in [0.1, 0.15) is 11.2 Å². The first-order valence-electron chi connectivity index (χ1n) is 7.98. The number of fused-ring (bicyclic) bond motifs is 1. The summed E-state index contributed by atoms with van der Waals surface area (Å²) < 4.78 is 1.40. The zero-order valence-corrected chi connectivity index (χ0v) is 14.5. The van der Waals surface area contributed by atoms with Crippen LogP contribution in [0.2, 0.25) is 0 Å². The predicted octanol–water partition coefficient (Wildman–Crippen LogP) is 2.00. The van der Waals surface area contributed by atoms with Crippen LogP contribution in [0.4, 0.5) is 5.69 Å². The maximum Gasteiger partial charge on any atom is 0.270 e. The van der Waals surface area contributed by atoms with Gasteiger partial charge in [-0.15, -0.1) is 0 Å². The highest BCUT2D eigenvalue weighted by atomic mass is 16.2. The summed E-state index contributed by atoms with van der Waals surface area (Å²) in [5.74, 6) is -0.426. The van der Waals surface area contributed by atoms with Gasteiger partial charge < -0.3 is 10.2 Å². The van der Waals surface area contributed by atoms with Crippen molar-refractivity contribution >= 4 is 17.2 Å². The Labute approximate surface area is 145 Å². The van der Waals surface area contributed by atoms with Gasteiger partial charge in [-0.2, -0.15) is 0 Å². The van der Waals surface area contributed by atoms with Crippen LogP contribution in [0.3, 0.4) is 0 Å². The maximum atomic E-state index is 12.5. The van der Waals surface area contributed by atoms with Crippen molar-refractivity contribution in [1.29, 1.82) is 0 Å². The second kappa shape index (κ2) is 6.76. The van der Waals surface area contributed by atoms with E-state index in [0.29, 0.717) is 12.2 Å². The number of nitrogens with one attached hydrogen (secondary N) is 1. The molecule has 1 aromatic carbocycles. The number of hydrogen-bond donors (Lipinski definition) is 1. The number of benzene rings is 1. The lowest BCUT2D eigenvalue weighted by atomic mass is 10.2. The lowest BCUT2D eigenvalue weighted by Crippen LogP contribution is -2.31. The van der Waals surface area contributed by atoms with Gasteiger partial charge in [-0.1, -0.05) is 18.2 Å². The molecule has 0 aliphatic rings. The quantitative estimate of drug-likeness (QED) is 0.791. The average Bonchev–Trinajstić information content (AvgIpc) is 2.61. The molecule has 0 saturated heterocycles.